The summed E-state index contributed by atoms with van der Waals surface area (Å²) in [5.74, 6) is 1.77. The second-order valence-corrected chi connectivity index (χ2v) is 4.79. The van der Waals surface area contributed by atoms with Crippen molar-refractivity contribution >= 4 is 0 Å². The van der Waals surface area contributed by atoms with Gasteiger partial charge >= 0.3 is 0 Å². The number of likely N-dealkylation sites (tertiary alicyclic amines) is 1. The Morgan fingerprint density at radius 1 is 1.08 bits per heavy atom. The first-order chi connectivity index (χ1) is 5.66. The summed E-state index contributed by atoms with van der Waals surface area (Å²) in [5, 5.41) is 3.74. The minimum atomic E-state index is 0.755. The third-order valence-electron chi connectivity index (χ3n) is 3.33. The Labute approximate surface area is 75.3 Å². The summed E-state index contributed by atoms with van der Waals surface area (Å²) < 4.78 is 0. The molecule has 0 aromatic rings. The third-order valence-corrected chi connectivity index (χ3v) is 3.33. The fourth-order valence-corrected chi connectivity index (χ4v) is 2.26. The molecule has 70 valence electrons. The van der Waals surface area contributed by atoms with Crippen LogP contribution in [0.3, 0.4) is 0 Å². The highest BCUT2D eigenvalue weighted by molar-refractivity contribution is 4.96. The largest absolute Gasteiger partial charge is 0.309 e. The van der Waals surface area contributed by atoms with E-state index >= 15 is 0 Å². The van der Waals surface area contributed by atoms with Crippen molar-refractivity contribution in [1.82, 2.24) is 10.2 Å². The Morgan fingerprint density at radius 3 is 2.17 bits per heavy atom. The summed E-state index contributed by atoms with van der Waals surface area (Å²) in [6.45, 7) is 7.19. The van der Waals surface area contributed by atoms with E-state index in [-0.39, 0.29) is 0 Å². The van der Waals surface area contributed by atoms with E-state index in [2.05, 4.69) is 31.1 Å². The van der Waals surface area contributed by atoms with Gasteiger partial charge in [0.1, 0.15) is 0 Å². The molecule has 1 saturated heterocycles. The quantitative estimate of drug-likeness (QED) is 0.660. The van der Waals surface area contributed by atoms with Crippen molar-refractivity contribution in [3.8, 4) is 0 Å². The van der Waals surface area contributed by atoms with Crippen LogP contribution in [0.1, 0.15) is 20.3 Å². The fraction of sp³-hybridized carbons (Fsp3) is 1.00. The summed E-state index contributed by atoms with van der Waals surface area (Å²) in [5.41, 5.74) is 0. The van der Waals surface area contributed by atoms with Crippen molar-refractivity contribution < 1.29 is 0 Å². The Hall–Kier alpha value is -0.0800. The Morgan fingerprint density at radius 2 is 1.75 bits per heavy atom. The zero-order valence-corrected chi connectivity index (χ0v) is 8.38. The molecule has 2 rings (SSSR count). The Bertz CT molecular complexity index is 169. The van der Waals surface area contributed by atoms with Crippen molar-refractivity contribution in [2.45, 2.75) is 32.4 Å². The van der Waals surface area contributed by atoms with Gasteiger partial charge in [-0.05, 0) is 25.3 Å². The van der Waals surface area contributed by atoms with Gasteiger partial charge in [-0.25, -0.2) is 0 Å². The predicted octanol–water partition coefficient (Wildman–Crippen LogP) is 0.934. The van der Waals surface area contributed by atoms with Gasteiger partial charge in [0.25, 0.3) is 0 Å². The van der Waals surface area contributed by atoms with E-state index < -0.39 is 0 Å². The summed E-state index contributed by atoms with van der Waals surface area (Å²) >= 11 is 0. The van der Waals surface area contributed by atoms with Gasteiger partial charge in [-0.3, -0.25) is 0 Å². The van der Waals surface area contributed by atoms with Crippen LogP contribution in [0.25, 0.3) is 0 Å². The van der Waals surface area contributed by atoms with Gasteiger partial charge in [-0.1, -0.05) is 13.8 Å². The van der Waals surface area contributed by atoms with Crippen LogP contribution < -0.4 is 5.32 Å². The molecule has 1 heterocycles. The molecule has 4 atom stereocenters. The van der Waals surface area contributed by atoms with Crippen LogP contribution in [-0.2, 0) is 0 Å². The van der Waals surface area contributed by atoms with E-state index in [0.717, 1.165) is 23.9 Å². The van der Waals surface area contributed by atoms with E-state index in [9.17, 15) is 0 Å². The molecule has 2 aliphatic rings. The van der Waals surface area contributed by atoms with Crippen molar-refractivity contribution in [2.75, 3.05) is 20.1 Å². The fourth-order valence-electron chi connectivity index (χ4n) is 2.26. The van der Waals surface area contributed by atoms with E-state index in [1.807, 2.05) is 0 Å². The van der Waals surface area contributed by atoms with Crippen LogP contribution in [0.15, 0.2) is 0 Å². The standard InChI is InChI=1S/C10H20N2/c1-7-4-9(7)11-10-6-12(3)5-8(10)2/h7-11H,4-6H2,1-3H3/t7-,8?,9-,10?/m1/s1. The lowest BCUT2D eigenvalue weighted by Crippen LogP contribution is -2.37. The number of rotatable bonds is 2. The van der Waals surface area contributed by atoms with Gasteiger partial charge in [0.05, 0.1) is 0 Å². The van der Waals surface area contributed by atoms with E-state index in [1.54, 1.807) is 0 Å². The van der Waals surface area contributed by atoms with Crippen LogP contribution >= 0.6 is 0 Å². The molecule has 0 spiro atoms. The van der Waals surface area contributed by atoms with Crippen molar-refractivity contribution in [1.29, 1.82) is 0 Å². The Balaban J connectivity index is 1.80. The highest BCUT2D eigenvalue weighted by atomic mass is 15.2. The molecule has 0 amide bonds. The molecule has 12 heavy (non-hydrogen) atoms. The van der Waals surface area contributed by atoms with Crippen molar-refractivity contribution in [3.05, 3.63) is 0 Å². The summed E-state index contributed by atoms with van der Waals surface area (Å²) in [4.78, 5) is 2.43. The van der Waals surface area contributed by atoms with Crippen LogP contribution in [0, 0.1) is 11.8 Å². The topological polar surface area (TPSA) is 15.3 Å². The molecular formula is C10H20N2. The minimum Gasteiger partial charge on any atom is -0.309 e. The van der Waals surface area contributed by atoms with E-state index in [4.69, 9.17) is 0 Å². The molecule has 1 aliphatic carbocycles. The molecule has 2 heteroatoms. The first-order valence-electron chi connectivity index (χ1n) is 5.11. The van der Waals surface area contributed by atoms with Gasteiger partial charge in [0.15, 0.2) is 0 Å². The molecule has 1 aliphatic heterocycles. The van der Waals surface area contributed by atoms with Crippen molar-refractivity contribution in [2.24, 2.45) is 11.8 Å². The lowest BCUT2D eigenvalue weighted by molar-refractivity contribution is 0.395. The summed E-state index contributed by atoms with van der Waals surface area (Å²) in [7, 11) is 2.22. The molecule has 2 fully saturated rings. The monoisotopic (exact) mass is 168 g/mol. The smallest absolute Gasteiger partial charge is 0.0235 e. The van der Waals surface area contributed by atoms with Gasteiger partial charge in [-0.2, -0.15) is 0 Å². The van der Waals surface area contributed by atoms with Gasteiger partial charge in [0.2, 0.25) is 0 Å². The van der Waals surface area contributed by atoms with Gasteiger partial charge < -0.3 is 10.2 Å². The zero-order chi connectivity index (χ0) is 8.72. The van der Waals surface area contributed by atoms with Gasteiger partial charge in [-0.15, -0.1) is 0 Å². The zero-order valence-electron chi connectivity index (χ0n) is 8.38. The molecule has 1 N–H and O–H groups in total. The molecule has 1 saturated carbocycles. The molecular weight excluding hydrogens is 148 g/mol. The highest BCUT2D eigenvalue weighted by Crippen LogP contribution is 2.31. The second kappa shape index (κ2) is 3.00. The molecule has 2 unspecified atom stereocenters. The molecule has 0 aromatic heterocycles. The average Bonchev–Trinajstić information content (AvgIpc) is 2.55. The number of hydrogen-bond acceptors (Lipinski definition) is 2. The SMILES string of the molecule is CC1CN(C)CC1N[C@@H]1C[C@H]1C. The van der Waals surface area contributed by atoms with Crippen LogP contribution in [-0.4, -0.2) is 37.1 Å². The maximum Gasteiger partial charge on any atom is 0.0235 e. The average molecular weight is 168 g/mol. The lowest BCUT2D eigenvalue weighted by atomic mass is 10.1. The Kier molecular flexibility index (Phi) is 2.13. The minimum absolute atomic E-state index is 0.755. The first-order valence-corrected chi connectivity index (χ1v) is 5.11. The van der Waals surface area contributed by atoms with Crippen molar-refractivity contribution in [3.63, 3.8) is 0 Å². The molecule has 0 radical (unpaired) electrons. The highest BCUT2D eigenvalue weighted by Gasteiger charge is 2.37. The lowest BCUT2D eigenvalue weighted by Gasteiger charge is -2.15. The van der Waals surface area contributed by atoms with Crippen LogP contribution in [0.2, 0.25) is 0 Å². The number of hydrogen-bond donors (Lipinski definition) is 1. The summed E-state index contributed by atoms with van der Waals surface area (Å²) in [6.07, 6.45) is 1.40. The first kappa shape index (κ1) is 8.52. The number of nitrogens with one attached hydrogen (secondary N) is 1. The number of likely N-dealkylation sites (N-methyl/N-ethyl adjacent to an activating group) is 1. The summed E-state index contributed by atoms with van der Waals surface area (Å²) in [6, 6.07) is 1.59. The molecule has 0 aromatic carbocycles. The van der Waals surface area contributed by atoms with Crippen LogP contribution in [0.4, 0.5) is 0 Å². The van der Waals surface area contributed by atoms with Gasteiger partial charge in [0, 0.05) is 25.2 Å². The van der Waals surface area contributed by atoms with E-state index in [1.165, 1.54) is 19.5 Å². The normalized spacial score (nSPS) is 48.2. The maximum absolute atomic E-state index is 3.74. The van der Waals surface area contributed by atoms with E-state index in [0.29, 0.717) is 0 Å². The third kappa shape index (κ3) is 1.64. The number of nitrogens with zero attached hydrogens (tertiary/aromatic N) is 1. The predicted molar refractivity (Wildman–Crippen MR) is 51.2 cm³/mol. The maximum atomic E-state index is 3.74. The van der Waals surface area contributed by atoms with Crippen LogP contribution in [0.5, 0.6) is 0 Å². The second-order valence-electron chi connectivity index (χ2n) is 4.79. The molecule has 0 bridgehead atoms. The molecule has 2 nitrogen and oxygen atoms in total.